The van der Waals surface area contributed by atoms with Crippen molar-refractivity contribution in [2.75, 3.05) is 0 Å². The predicted molar refractivity (Wildman–Crippen MR) is 25.4 cm³/mol. The van der Waals surface area contributed by atoms with Crippen LogP contribution in [0.2, 0.25) is 0 Å². The number of hydrogen-bond acceptors (Lipinski definition) is 3. The third-order valence-corrected chi connectivity index (χ3v) is 0.588. The van der Waals surface area contributed by atoms with Crippen LogP contribution in [0.5, 0.6) is 0 Å². The summed E-state index contributed by atoms with van der Waals surface area (Å²) in [7, 11) is 0. The largest absolute Gasteiger partial charge is 0.300 e. The second-order valence-electron chi connectivity index (χ2n) is 1.84. The minimum absolute atomic E-state index is 0.646. The van der Waals surface area contributed by atoms with E-state index in [1.807, 2.05) is 0 Å². The van der Waals surface area contributed by atoms with Crippen molar-refractivity contribution in [1.29, 1.82) is 0 Å². The maximum atomic E-state index is 9.85. The van der Waals surface area contributed by atoms with Crippen LogP contribution in [0.25, 0.3) is 0 Å². The highest BCUT2D eigenvalue weighted by atomic mass is 16.6. The second kappa shape index (κ2) is 2.04. The van der Waals surface area contributed by atoms with Gasteiger partial charge < -0.3 is 4.79 Å². The number of aldehydes is 1. The lowest BCUT2D eigenvalue weighted by molar-refractivity contribution is -0.127. The highest BCUT2D eigenvalue weighted by Gasteiger charge is 2.13. The molecule has 0 saturated heterocycles. The summed E-state index contributed by atoms with van der Waals surface area (Å²) in [6.45, 7) is 3.17. The fourth-order valence-electron chi connectivity index (χ4n) is 0.0278. The van der Waals surface area contributed by atoms with Gasteiger partial charge in [0.1, 0.15) is 5.60 Å². The van der Waals surface area contributed by atoms with Gasteiger partial charge in [0.05, 0.1) is 0 Å². The molecule has 0 aromatic carbocycles. The second-order valence-corrected chi connectivity index (χ2v) is 1.84. The molecule has 2 N–H and O–H groups in total. The van der Waals surface area contributed by atoms with Crippen molar-refractivity contribution in [2.24, 2.45) is 5.90 Å². The van der Waals surface area contributed by atoms with Crippen molar-refractivity contribution in [3.63, 3.8) is 0 Å². The van der Waals surface area contributed by atoms with Crippen LogP contribution in [0.3, 0.4) is 0 Å². The summed E-state index contributed by atoms with van der Waals surface area (Å²) in [6.07, 6.45) is 0.646. The maximum Gasteiger partial charge on any atom is 0.153 e. The van der Waals surface area contributed by atoms with Crippen LogP contribution < -0.4 is 5.90 Å². The van der Waals surface area contributed by atoms with Crippen molar-refractivity contribution < 1.29 is 9.63 Å². The SMILES string of the molecule is CC(C)(C=O)ON. The van der Waals surface area contributed by atoms with E-state index in [1.54, 1.807) is 13.8 Å². The van der Waals surface area contributed by atoms with Crippen LogP contribution in [0.4, 0.5) is 0 Å². The van der Waals surface area contributed by atoms with Crippen LogP contribution in [0.15, 0.2) is 0 Å². The molecule has 0 rings (SSSR count). The summed E-state index contributed by atoms with van der Waals surface area (Å²) in [4.78, 5) is 14.1. The molecule has 0 radical (unpaired) electrons. The molecular weight excluding hydrogens is 94.0 g/mol. The van der Waals surface area contributed by atoms with Gasteiger partial charge in [0.15, 0.2) is 6.29 Å². The van der Waals surface area contributed by atoms with Crippen molar-refractivity contribution in [3.8, 4) is 0 Å². The molecule has 3 nitrogen and oxygen atoms in total. The van der Waals surface area contributed by atoms with E-state index in [-0.39, 0.29) is 0 Å². The van der Waals surface area contributed by atoms with E-state index in [0.717, 1.165) is 0 Å². The van der Waals surface area contributed by atoms with Gasteiger partial charge in [-0.1, -0.05) is 0 Å². The molecule has 7 heavy (non-hydrogen) atoms. The standard InChI is InChI=1S/C4H9NO2/c1-4(2,3-6)7-5/h3H,5H2,1-2H3. The first-order valence-corrected chi connectivity index (χ1v) is 1.96. The summed E-state index contributed by atoms with van der Waals surface area (Å²) in [6, 6.07) is 0. The molecule has 0 amide bonds. The molecule has 0 heterocycles. The molecule has 42 valence electrons. The van der Waals surface area contributed by atoms with E-state index in [0.29, 0.717) is 6.29 Å². The van der Waals surface area contributed by atoms with Gasteiger partial charge in [-0.25, -0.2) is 5.90 Å². The molecule has 0 aliphatic heterocycles. The molecule has 0 fully saturated rings. The molecule has 0 aromatic heterocycles. The first-order valence-electron chi connectivity index (χ1n) is 1.96. The smallest absolute Gasteiger partial charge is 0.153 e. The number of carbonyl (C=O) groups excluding carboxylic acids is 1. The summed E-state index contributed by atoms with van der Waals surface area (Å²) in [5, 5.41) is 0. The van der Waals surface area contributed by atoms with Gasteiger partial charge in [0.2, 0.25) is 0 Å². The molecule has 3 heteroatoms. The quantitative estimate of drug-likeness (QED) is 0.390. The van der Waals surface area contributed by atoms with Gasteiger partial charge in [0.25, 0.3) is 0 Å². The molecule has 0 spiro atoms. The predicted octanol–water partition coefficient (Wildman–Crippen LogP) is -0.146. The highest BCUT2D eigenvalue weighted by Crippen LogP contribution is 1.97. The Kier molecular flexibility index (Phi) is 1.92. The Labute approximate surface area is 42.4 Å². The Morgan fingerprint density at radius 1 is 1.71 bits per heavy atom. The molecular formula is C4H9NO2. The van der Waals surface area contributed by atoms with Crippen LogP contribution in [0, 0.1) is 0 Å². The summed E-state index contributed by atoms with van der Waals surface area (Å²) in [5.41, 5.74) is -0.819. The zero-order valence-electron chi connectivity index (χ0n) is 4.47. The van der Waals surface area contributed by atoms with Gasteiger partial charge in [-0.05, 0) is 13.8 Å². The van der Waals surface area contributed by atoms with Crippen LogP contribution in [0.1, 0.15) is 13.8 Å². The Morgan fingerprint density at radius 2 is 2.14 bits per heavy atom. The number of nitrogens with two attached hydrogens (primary N) is 1. The normalized spacial score (nSPS) is 11.3. The molecule has 0 aliphatic rings. The Balaban J connectivity index is 3.58. The fourth-order valence-corrected chi connectivity index (χ4v) is 0.0278. The molecule has 0 unspecified atom stereocenters. The lowest BCUT2D eigenvalue weighted by Gasteiger charge is -2.10. The van der Waals surface area contributed by atoms with Crippen molar-refractivity contribution >= 4 is 6.29 Å². The summed E-state index contributed by atoms with van der Waals surface area (Å²) >= 11 is 0. The lowest BCUT2D eigenvalue weighted by Crippen LogP contribution is -2.29. The van der Waals surface area contributed by atoms with E-state index in [9.17, 15) is 4.79 Å². The highest BCUT2D eigenvalue weighted by molar-refractivity contribution is 5.60. The lowest BCUT2D eigenvalue weighted by atomic mass is 10.2. The zero-order valence-corrected chi connectivity index (χ0v) is 4.47. The Hall–Kier alpha value is -0.410. The third kappa shape index (κ3) is 2.31. The Morgan fingerprint density at radius 3 is 2.14 bits per heavy atom. The average molecular weight is 103 g/mol. The number of hydrogen-bond donors (Lipinski definition) is 1. The van der Waals surface area contributed by atoms with Crippen LogP contribution >= 0.6 is 0 Å². The van der Waals surface area contributed by atoms with Crippen molar-refractivity contribution in [1.82, 2.24) is 0 Å². The van der Waals surface area contributed by atoms with Gasteiger partial charge in [0, 0.05) is 0 Å². The molecule has 0 aliphatic carbocycles. The van der Waals surface area contributed by atoms with E-state index in [4.69, 9.17) is 0 Å². The first kappa shape index (κ1) is 6.59. The van der Waals surface area contributed by atoms with Gasteiger partial charge in [-0.15, -0.1) is 0 Å². The fraction of sp³-hybridized carbons (Fsp3) is 0.750. The van der Waals surface area contributed by atoms with Gasteiger partial charge in [-0.3, -0.25) is 4.84 Å². The topological polar surface area (TPSA) is 52.3 Å². The van der Waals surface area contributed by atoms with Crippen molar-refractivity contribution in [3.05, 3.63) is 0 Å². The van der Waals surface area contributed by atoms with E-state index in [1.165, 1.54) is 0 Å². The molecule has 0 aromatic rings. The molecule has 0 atom stereocenters. The van der Waals surface area contributed by atoms with Crippen LogP contribution in [-0.2, 0) is 9.63 Å². The minimum Gasteiger partial charge on any atom is -0.300 e. The van der Waals surface area contributed by atoms with Gasteiger partial charge in [-0.2, -0.15) is 0 Å². The monoisotopic (exact) mass is 103 g/mol. The zero-order chi connectivity index (χ0) is 5.91. The van der Waals surface area contributed by atoms with E-state index < -0.39 is 5.60 Å². The Bertz CT molecular complexity index is 70.1. The summed E-state index contributed by atoms with van der Waals surface area (Å²) < 4.78 is 0. The maximum absolute atomic E-state index is 9.85. The van der Waals surface area contributed by atoms with Crippen molar-refractivity contribution in [2.45, 2.75) is 19.4 Å². The summed E-state index contributed by atoms with van der Waals surface area (Å²) in [5.74, 6) is 4.69. The average Bonchev–Trinajstić information content (AvgIpc) is 1.68. The number of rotatable bonds is 2. The van der Waals surface area contributed by atoms with E-state index >= 15 is 0 Å². The molecule has 0 saturated carbocycles. The first-order chi connectivity index (χ1) is 3.12. The minimum atomic E-state index is -0.819. The van der Waals surface area contributed by atoms with Gasteiger partial charge >= 0.3 is 0 Å². The number of carbonyl (C=O) groups is 1. The van der Waals surface area contributed by atoms with E-state index in [2.05, 4.69) is 10.7 Å². The molecule has 0 bridgehead atoms. The third-order valence-electron chi connectivity index (χ3n) is 0.588. The van der Waals surface area contributed by atoms with Crippen LogP contribution in [-0.4, -0.2) is 11.9 Å².